The van der Waals surface area contributed by atoms with Crippen LogP contribution in [-0.2, 0) is 0 Å². The average molecular weight is 338 g/mol. The summed E-state index contributed by atoms with van der Waals surface area (Å²) in [4.78, 5) is 27.4. The fraction of sp³-hybridized carbons (Fsp3) is 0.278. The van der Waals surface area contributed by atoms with E-state index in [1.165, 1.54) is 10.9 Å². The Morgan fingerprint density at radius 1 is 1.20 bits per heavy atom. The van der Waals surface area contributed by atoms with E-state index in [9.17, 15) is 9.59 Å². The molecule has 1 atom stereocenters. The number of benzene rings is 1. The number of amides is 1. The summed E-state index contributed by atoms with van der Waals surface area (Å²) < 4.78 is 6.53. The van der Waals surface area contributed by atoms with Crippen LogP contribution in [0, 0.1) is 0 Å². The molecule has 4 rings (SSSR count). The topological polar surface area (TPSA) is 94.4 Å². The monoisotopic (exact) mass is 338 g/mol. The molecule has 0 bridgehead atoms. The highest BCUT2D eigenvalue weighted by Gasteiger charge is 2.35. The molecule has 0 radical (unpaired) electrons. The lowest BCUT2D eigenvalue weighted by atomic mass is 10.0. The van der Waals surface area contributed by atoms with Crippen LogP contribution in [-0.4, -0.2) is 39.1 Å². The number of fused-ring (bicyclic) bond motifs is 1. The summed E-state index contributed by atoms with van der Waals surface area (Å²) in [5.74, 6) is -0.274. The van der Waals surface area contributed by atoms with Gasteiger partial charge in [-0.1, -0.05) is 12.1 Å². The minimum absolute atomic E-state index is 0.240. The van der Waals surface area contributed by atoms with Gasteiger partial charge in [0.25, 0.3) is 11.8 Å². The molecule has 1 aliphatic rings. The zero-order chi connectivity index (χ0) is 17.4. The number of hydrogen-bond acceptors (Lipinski definition) is 5. The predicted molar refractivity (Wildman–Crippen MR) is 92.2 cm³/mol. The van der Waals surface area contributed by atoms with E-state index in [4.69, 9.17) is 10.2 Å². The first kappa shape index (κ1) is 15.4. The number of para-hydroxylation sites is 1. The lowest BCUT2D eigenvalue weighted by Crippen LogP contribution is -2.49. The molecule has 7 heteroatoms. The van der Waals surface area contributed by atoms with Gasteiger partial charge in [-0.2, -0.15) is 9.78 Å². The minimum atomic E-state index is -0.575. The van der Waals surface area contributed by atoms with Crippen LogP contribution >= 0.6 is 0 Å². The van der Waals surface area contributed by atoms with Crippen LogP contribution in [0.15, 0.2) is 47.2 Å². The van der Waals surface area contributed by atoms with E-state index in [2.05, 4.69) is 5.10 Å². The van der Waals surface area contributed by atoms with Crippen molar-refractivity contribution in [2.24, 2.45) is 0 Å². The molecule has 2 aromatic heterocycles. The molecule has 0 spiro atoms. The Labute approximate surface area is 144 Å². The normalized spacial score (nSPS) is 17.8. The van der Waals surface area contributed by atoms with E-state index in [1.807, 2.05) is 12.1 Å². The van der Waals surface area contributed by atoms with Crippen LogP contribution in [0.3, 0.4) is 0 Å². The first-order valence-corrected chi connectivity index (χ1v) is 8.28. The Balaban J connectivity index is 1.70. The largest absolute Gasteiger partial charge is 0.459 e. The summed E-state index contributed by atoms with van der Waals surface area (Å²) in [6.45, 7) is 0.518. The molecular formula is C18H18N4O3. The van der Waals surface area contributed by atoms with Gasteiger partial charge >= 0.3 is 0 Å². The summed E-state index contributed by atoms with van der Waals surface area (Å²) in [5, 5.41) is 5.01. The summed E-state index contributed by atoms with van der Waals surface area (Å²) in [7, 11) is 0. The van der Waals surface area contributed by atoms with E-state index in [1.54, 1.807) is 29.3 Å². The van der Waals surface area contributed by atoms with Crippen LogP contribution in [0.1, 0.15) is 34.6 Å². The van der Waals surface area contributed by atoms with Crippen molar-refractivity contribution < 1.29 is 14.0 Å². The van der Waals surface area contributed by atoms with Gasteiger partial charge in [-0.3, -0.25) is 9.59 Å². The number of likely N-dealkylation sites (tertiary alicyclic amines) is 1. The molecule has 25 heavy (non-hydrogen) atoms. The molecule has 1 fully saturated rings. The summed E-state index contributed by atoms with van der Waals surface area (Å²) in [6.07, 6.45) is 5.41. The molecular weight excluding hydrogens is 320 g/mol. The maximum Gasteiger partial charge on any atom is 0.290 e. The number of nitrogens with two attached hydrogens (primary N) is 1. The number of hydrogen-bond donors (Lipinski definition) is 1. The molecule has 128 valence electrons. The molecule has 1 aromatic carbocycles. The van der Waals surface area contributed by atoms with Crippen molar-refractivity contribution in [2.45, 2.75) is 25.3 Å². The number of rotatable bonds is 2. The first-order valence-electron chi connectivity index (χ1n) is 8.28. The Bertz CT molecular complexity index is 929. The van der Waals surface area contributed by atoms with Gasteiger partial charge in [0, 0.05) is 11.9 Å². The molecule has 3 heterocycles. The average Bonchev–Trinajstić information content (AvgIpc) is 3.31. The molecule has 1 saturated heterocycles. The predicted octanol–water partition coefficient (Wildman–Crippen LogP) is 2.55. The van der Waals surface area contributed by atoms with E-state index >= 15 is 0 Å². The maximum atomic E-state index is 13.1. The zero-order valence-electron chi connectivity index (χ0n) is 13.6. The Morgan fingerprint density at radius 2 is 2.08 bits per heavy atom. The number of anilines is 1. The molecule has 3 aromatic rings. The van der Waals surface area contributed by atoms with Gasteiger partial charge in [0.2, 0.25) is 0 Å². The maximum absolute atomic E-state index is 13.1. The highest BCUT2D eigenvalue weighted by atomic mass is 16.3. The zero-order valence-corrected chi connectivity index (χ0v) is 13.6. The van der Waals surface area contributed by atoms with Crippen LogP contribution in [0.5, 0.6) is 0 Å². The van der Waals surface area contributed by atoms with Gasteiger partial charge in [-0.15, -0.1) is 0 Å². The molecule has 0 saturated carbocycles. The second-order valence-electron chi connectivity index (χ2n) is 6.17. The fourth-order valence-electron chi connectivity index (χ4n) is 3.39. The van der Waals surface area contributed by atoms with Gasteiger partial charge in [0.05, 0.1) is 18.1 Å². The van der Waals surface area contributed by atoms with Gasteiger partial charge in [-0.05, 0) is 37.5 Å². The number of nitrogen functional groups attached to an aromatic ring is 1. The van der Waals surface area contributed by atoms with Crippen LogP contribution < -0.4 is 5.73 Å². The fourth-order valence-corrected chi connectivity index (χ4v) is 3.39. The summed E-state index contributed by atoms with van der Waals surface area (Å²) in [5.41, 5.74) is 7.11. The van der Waals surface area contributed by atoms with E-state index < -0.39 is 6.04 Å². The second-order valence-corrected chi connectivity index (χ2v) is 6.17. The lowest BCUT2D eigenvalue weighted by molar-refractivity contribution is 0.0481. The highest BCUT2D eigenvalue weighted by molar-refractivity contribution is 6.01. The van der Waals surface area contributed by atoms with Gasteiger partial charge < -0.3 is 15.1 Å². The van der Waals surface area contributed by atoms with Crippen molar-refractivity contribution in [3.05, 3.63) is 48.6 Å². The van der Waals surface area contributed by atoms with Crippen LogP contribution in [0.25, 0.3) is 10.9 Å². The van der Waals surface area contributed by atoms with Crippen LogP contribution in [0.4, 0.5) is 5.69 Å². The molecule has 1 amide bonds. The number of carbonyl (C=O) groups is 2. The number of aromatic nitrogens is 2. The standard InChI is InChI=1S/C18H18N4O3/c19-13-6-3-5-12-11-20-22(16(12)13)17(23)14-7-1-2-9-21(14)18(24)15-8-4-10-25-15/h3-6,8,10-11,14H,1-2,7,9,19H2. The van der Waals surface area contributed by atoms with Gasteiger partial charge in [-0.25, -0.2) is 0 Å². The number of carbonyl (C=O) groups excluding carboxylic acids is 2. The molecule has 7 nitrogen and oxygen atoms in total. The van der Waals surface area contributed by atoms with E-state index in [-0.39, 0.29) is 17.6 Å². The molecule has 1 unspecified atom stereocenters. The van der Waals surface area contributed by atoms with Crippen molar-refractivity contribution in [1.29, 1.82) is 0 Å². The van der Waals surface area contributed by atoms with Crippen molar-refractivity contribution in [3.8, 4) is 0 Å². The van der Waals surface area contributed by atoms with Crippen molar-refractivity contribution in [2.75, 3.05) is 12.3 Å². The SMILES string of the molecule is Nc1cccc2cnn(C(=O)C3CCCCN3C(=O)c3ccco3)c12. The quantitative estimate of drug-likeness (QED) is 0.725. The van der Waals surface area contributed by atoms with Crippen molar-refractivity contribution in [1.82, 2.24) is 14.7 Å². The Morgan fingerprint density at radius 3 is 2.88 bits per heavy atom. The Kier molecular flexibility index (Phi) is 3.76. The lowest BCUT2D eigenvalue weighted by Gasteiger charge is -2.33. The van der Waals surface area contributed by atoms with Gasteiger partial charge in [0.15, 0.2) is 5.76 Å². The summed E-state index contributed by atoms with van der Waals surface area (Å²) >= 11 is 0. The second kappa shape index (κ2) is 6.08. The van der Waals surface area contributed by atoms with Crippen molar-refractivity contribution in [3.63, 3.8) is 0 Å². The minimum Gasteiger partial charge on any atom is -0.459 e. The first-order chi connectivity index (χ1) is 12.2. The van der Waals surface area contributed by atoms with E-state index in [0.717, 1.165) is 18.2 Å². The van der Waals surface area contributed by atoms with Crippen molar-refractivity contribution >= 4 is 28.4 Å². The number of piperidine rings is 1. The van der Waals surface area contributed by atoms with Crippen LogP contribution in [0.2, 0.25) is 0 Å². The highest BCUT2D eigenvalue weighted by Crippen LogP contribution is 2.25. The smallest absolute Gasteiger partial charge is 0.290 e. The summed E-state index contributed by atoms with van der Waals surface area (Å²) in [6, 6.07) is 8.11. The third kappa shape index (κ3) is 2.57. The molecule has 1 aliphatic heterocycles. The third-order valence-corrected chi connectivity index (χ3v) is 4.61. The molecule has 0 aliphatic carbocycles. The van der Waals surface area contributed by atoms with E-state index in [0.29, 0.717) is 24.2 Å². The number of nitrogens with zero attached hydrogens (tertiary/aromatic N) is 3. The molecule has 2 N–H and O–H groups in total. The number of furan rings is 1. The Hall–Kier alpha value is -3.09. The van der Waals surface area contributed by atoms with Gasteiger partial charge in [0.1, 0.15) is 11.6 Å². The third-order valence-electron chi connectivity index (χ3n) is 4.61.